The van der Waals surface area contributed by atoms with Crippen LogP contribution in [0.15, 0.2) is 41.3 Å². The Balaban J connectivity index is 1.51. The van der Waals surface area contributed by atoms with E-state index >= 15 is 0 Å². The van der Waals surface area contributed by atoms with Gasteiger partial charge in [0.05, 0.1) is 30.8 Å². The summed E-state index contributed by atoms with van der Waals surface area (Å²) >= 11 is 0. The number of methoxy groups -OCH3 is 1. The highest BCUT2D eigenvalue weighted by molar-refractivity contribution is 5.87. The number of anilines is 1. The molecule has 7 nitrogen and oxygen atoms in total. The second kappa shape index (κ2) is 7.70. The summed E-state index contributed by atoms with van der Waals surface area (Å²) in [7, 11) is 1.50. The molecule has 3 aromatic rings. The zero-order valence-corrected chi connectivity index (χ0v) is 16.7. The van der Waals surface area contributed by atoms with E-state index in [-0.39, 0.29) is 40.9 Å². The van der Waals surface area contributed by atoms with Crippen LogP contribution in [0.5, 0.6) is 11.5 Å². The van der Waals surface area contributed by atoms with Gasteiger partial charge in [-0.15, -0.1) is 0 Å². The number of aromatic nitrogens is 1. The molecule has 1 atom stereocenters. The average Bonchev–Trinajstić information content (AvgIpc) is 2.73. The lowest BCUT2D eigenvalue weighted by molar-refractivity contribution is -0.131. The minimum Gasteiger partial charge on any atom is -0.504 e. The van der Waals surface area contributed by atoms with E-state index in [1.165, 1.54) is 19.4 Å². The lowest BCUT2D eigenvalue weighted by atomic mass is 9.92. The molecule has 1 aliphatic heterocycles. The van der Waals surface area contributed by atoms with E-state index < -0.39 is 5.82 Å². The van der Waals surface area contributed by atoms with Gasteiger partial charge in [-0.3, -0.25) is 9.59 Å². The summed E-state index contributed by atoms with van der Waals surface area (Å²) in [6.45, 7) is 2.32. The van der Waals surface area contributed by atoms with Gasteiger partial charge in [0.2, 0.25) is 5.91 Å². The van der Waals surface area contributed by atoms with Crippen molar-refractivity contribution in [1.29, 1.82) is 0 Å². The van der Waals surface area contributed by atoms with Crippen LogP contribution in [0.2, 0.25) is 0 Å². The third-order valence-corrected chi connectivity index (χ3v) is 5.59. The van der Waals surface area contributed by atoms with Crippen LogP contribution < -0.4 is 15.6 Å². The predicted octanol–water partition coefficient (Wildman–Crippen LogP) is 2.94. The molecular weight excluding hydrogens is 389 g/mol. The van der Waals surface area contributed by atoms with Crippen LogP contribution in [0.1, 0.15) is 24.1 Å². The lowest BCUT2D eigenvalue weighted by Crippen LogP contribution is -2.41. The maximum Gasteiger partial charge on any atom is 0.255 e. The van der Waals surface area contributed by atoms with E-state index in [9.17, 15) is 19.1 Å². The number of H-pyrrole nitrogens is 1. The highest BCUT2D eigenvalue weighted by atomic mass is 19.1. The molecule has 8 heteroatoms. The van der Waals surface area contributed by atoms with Gasteiger partial charge in [0.25, 0.3) is 5.56 Å². The molecule has 0 aliphatic carbocycles. The summed E-state index contributed by atoms with van der Waals surface area (Å²) in [5.74, 6) is -0.341. The number of ether oxygens (including phenoxy) is 1. The Morgan fingerprint density at radius 1 is 1.37 bits per heavy atom. The number of phenols is 1. The maximum atomic E-state index is 14.4. The van der Waals surface area contributed by atoms with Crippen molar-refractivity contribution in [3.05, 3.63) is 63.8 Å². The van der Waals surface area contributed by atoms with Gasteiger partial charge in [-0.05, 0) is 60.2 Å². The first-order chi connectivity index (χ1) is 14.4. The number of aromatic amines is 1. The van der Waals surface area contributed by atoms with Crippen molar-refractivity contribution in [2.75, 3.05) is 25.5 Å². The fraction of sp³-hybridized carbons (Fsp3) is 0.273. The standard InChI is InChI=1S/C22H22FN3O4/c1-12-15-10-19(27)20(30-2)8-14(15)4-6-26(12)21(28)11-25-18-7-13-3-5-24-22(29)16(13)9-17(18)23/h3,5,7-10,12,25,27H,4,6,11H2,1-2H3,(H,24,29). The number of benzene rings is 2. The number of hydrogen-bond acceptors (Lipinski definition) is 5. The van der Waals surface area contributed by atoms with Gasteiger partial charge in [0.1, 0.15) is 5.82 Å². The topological polar surface area (TPSA) is 94.7 Å². The molecule has 4 rings (SSSR count). The summed E-state index contributed by atoms with van der Waals surface area (Å²) in [6.07, 6.45) is 2.13. The van der Waals surface area contributed by atoms with Gasteiger partial charge in [0.15, 0.2) is 11.5 Å². The van der Waals surface area contributed by atoms with Gasteiger partial charge < -0.3 is 25.0 Å². The first-order valence-corrected chi connectivity index (χ1v) is 9.63. The van der Waals surface area contributed by atoms with E-state index in [1.807, 2.05) is 6.92 Å². The molecule has 2 aromatic carbocycles. The van der Waals surface area contributed by atoms with Crippen LogP contribution in [-0.4, -0.2) is 41.1 Å². The Kier molecular flexibility index (Phi) is 5.07. The SMILES string of the molecule is COc1cc2c(cc1O)C(C)N(C(=O)CNc1cc3cc[nH]c(=O)c3cc1F)CC2. The molecule has 1 amide bonds. The number of fused-ring (bicyclic) bond motifs is 2. The molecule has 0 bridgehead atoms. The Hall–Kier alpha value is -3.55. The van der Waals surface area contributed by atoms with Crippen molar-refractivity contribution in [3.8, 4) is 11.5 Å². The zero-order chi connectivity index (χ0) is 21.4. The molecule has 0 radical (unpaired) electrons. The molecule has 2 heterocycles. The van der Waals surface area contributed by atoms with E-state index in [2.05, 4.69) is 10.3 Å². The van der Waals surface area contributed by atoms with Gasteiger partial charge in [-0.25, -0.2) is 4.39 Å². The molecule has 1 unspecified atom stereocenters. The van der Waals surface area contributed by atoms with E-state index in [0.29, 0.717) is 24.1 Å². The first-order valence-electron chi connectivity index (χ1n) is 9.63. The fourth-order valence-corrected chi connectivity index (χ4v) is 3.96. The quantitative estimate of drug-likeness (QED) is 0.614. The van der Waals surface area contributed by atoms with Crippen LogP contribution in [0.3, 0.4) is 0 Å². The number of halogens is 1. The van der Waals surface area contributed by atoms with Crippen molar-refractivity contribution in [3.63, 3.8) is 0 Å². The Bertz CT molecular complexity index is 1190. The third kappa shape index (κ3) is 3.45. The number of aromatic hydroxyl groups is 1. The number of rotatable bonds is 4. The summed E-state index contributed by atoms with van der Waals surface area (Å²) in [4.78, 5) is 28.8. The molecule has 0 saturated carbocycles. The lowest BCUT2D eigenvalue weighted by Gasteiger charge is -2.35. The Morgan fingerprint density at radius 3 is 2.93 bits per heavy atom. The number of amides is 1. The number of hydrogen-bond donors (Lipinski definition) is 3. The Labute approximate surface area is 172 Å². The zero-order valence-electron chi connectivity index (χ0n) is 16.7. The van der Waals surface area contributed by atoms with Crippen LogP contribution in [-0.2, 0) is 11.2 Å². The predicted molar refractivity (Wildman–Crippen MR) is 112 cm³/mol. The maximum absolute atomic E-state index is 14.4. The van der Waals surface area contributed by atoms with Gasteiger partial charge in [0, 0.05) is 12.7 Å². The molecule has 0 fully saturated rings. The van der Waals surface area contributed by atoms with Crippen LogP contribution >= 0.6 is 0 Å². The molecule has 30 heavy (non-hydrogen) atoms. The highest BCUT2D eigenvalue weighted by Crippen LogP contribution is 2.37. The monoisotopic (exact) mass is 411 g/mol. The van der Waals surface area contributed by atoms with E-state index in [0.717, 1.165) is 17.2 Å². The van der Waals surface area contributed by atoms with Crippen LogP contribution in [0.4, 0.5) is 10.1 Å². The molecule has 0 saturated heterocycles. The largest absolute Gasteiger partial charge is 0.504 e. The number of carbonyl (C=O) groups excluding carboxylic acids is 1. The minimum absolute atomic E-state index is 0.0312. The number of nitrogens with one attached hydrogen (secondary N) is 2. The van der Waals surface area contributed by atoms with Gasteiger partial charge >= 0.3 is 0 Å². The van der Waals surface area contributed by atoms with Crippen molar-refractivity contribution in [1.82, 2.24) is 9.88 Å². The number of nitrogens with zero attached hydrogens (tertiary/aromatic N) is 1. The Morgan fingerprint density at radius 2 is 2.17 bits per heavy atom. The van der Waals surface area contributed by atoms with Gasteiger partial charge in [-0.1, -0.05) is 0 Å². The summed E-state index contributed by atoms with van der Waals surface area (Å²) < 4.78 is 19.6. The number of carbonyl (C=O) groups is 1. The van der Waals surface area contributed by atoms with Crippen LogP contribution in [0, 0.1) is 5.82 Å². The normalized spacial score (nSPS) is 15.7. The van der Waals surface area contributed by atoms with Crippen LogP contribution in [0.25, 0.3) is 10.8 Å². The second-order valence-corrected chi connectivity index (χ2v) is 7.32. The summed E-state index contributed by atoms with van der Waals surface area (Å²) in [5.41, 5.74) is 1.69. The average molecular weight is 411 g/mol. The van der Waals surface area contributed by atoms with Crippen molar-refractivity contribution in [2.24, 2.45) is 0 Å². The van der Waals surface area contributed by atoms with E-state index in [1.54, 1.807) is 23.1 Å². The third-order valence-electron chi connectivity index (χ3n) is 5.59. The molecular formula is C22H22FN3O4. The molecule has 156 valence electrons. The smallest absolute Gasteiger partial charge is 0.255 e. The number of phenolic OH excluding ortho intramolecular Hbond substituents is 1. The molecule has 1 aliphatic rings. The van der Waals surface area contributed by atoms with Crippen molar-refractivity contribution in [2.45, 2.75) is 19.4 Å². The molecule has 1 aromatic heterocycles. The minimum atomic E-state index is -0.596. The molecule has 0 spiro atoms. The highest BCUT2D eigenvalue weighted by Gasteiger charge is 2.28. The number of pyridine rings is 1. The first kappa shape index (κ1) is 19.8. The van der Waals surface area contributed by atoms with Gasteiger partial charge in [-0.2, -0.15) is 0 Å². The second-order valence-electron chi connectivity index (χ2n) is 7.32. The van der Waals surface area contributed by atoms with E-state index in [4.69, 9.17) is 4.74 Å². The van der Waals surface area contributed by atoms with Crippen molar-refractivity contribution < 1.29 is 19.0 Å². The summed E-state index contributed by atoms with van der Waals surface area (Å²) in [5, 5.41) is 13.8. The fourth-order valence-electron chi connectivity index (χ4n) is 3.96. The van der Waals surface area contributed by atoms with Crippen molar-refractivity contribution >= 4 is 22.4 Å². The summed E-state index contributed by atoms with van der Waals surface area (Å²) in [6, 6.07) is 7.55. The molecule has 3 N–H and O–H groups in total.